The van der Waals surface area contributed by atoms with E-state index in [9.17, 15) is 5.11 Å². The van der Waals surface area contributed by atoms with Crippen LogP contribution in [0, 0.1) is 0 Å². The lowest BCUT2D eigenvalue weighted by molar-refractivity contribution is 0.411. The molecular formula is C18H23NO2. The Labute approximate surface area is 126 Å². The minimum absolute atomic E-state index is 0.128. The molecule has 21 heavy (non-hydrogen) atoms. The quantitative estimate of drug-likeness (QED) is 0.835. The number of nitrogens with one attached hydrogen (secondary N) is 1. The van der Waals surface area contributed by atoms with E-state index in [1.165, 1.54) is 5.56 Å². The maximum atomic E-state index is 10.0. The standard InChI is InChI=1S/C18H23NO2/c1-4-17(16-7-5-6-8-18(16)20)19-13(2)14-9-11-15(21-3)12-10-14/h5-13,17,19-20H,4H2,1-3H3. The van der Waals surface area contributed by atoms with Gasteiger partial charge in [-0.15, -0.1) is 0 Å². The Bertz CT molecular complexity index is 566. The van der Waals surface area contributed by atoms with Gasteiger partial charge in [0.1, 0.15) is 11.5 Å². The summed E-state index contributed by atoms with van der Waals surface area (Å²) >= 11 is 0. The molecule has 0 aliphatic heterocycles. The number of phenols is 1. The molecule has 3 heteroatoms. The topological polar surface area (TPSA) is 41.5 Å². The van der Waals surface area contributed by atoms with Gasteiger partial charge in [-0.2, -0.15) is 0 Å². The van der Waals surface area contributed by atoms with Crippen molar-refractivity contribution < 1.29 is 9.84 Å². The zero-order chi connectivity index (χ0) is 15.2. The molecule has 0 heterocycles. The lowest BCUT2D eigenvalue weighted by Crippen LogP contribution is -2.24. The molecule has 0 spiro atoms. The van der Waals surface area contributed by atoms with Crippen molar-refractivity contribution in [2.45, 2.75) is 32.4 Å². The van der Waals surface area contributed by atoms with Crippen LogP contribution < -0.4 is 10.1 Å². The average Bonchev–Trinajstić information content (AvgIpc) is 2.53. The van der Waals surface area contributed by atoms with Gasteiger partial charge < -0.3 is 15.2 Å². The van der Waals surface area contributed by atoms with Crippen molar-refractivity contribution in [3.05, 3.63) is 59.7 Å². The van der Waals surface area contributed by atoms with E-state index in [4.69, 9.17) is 4.74 Å². The summed E-state index contributed by atoms with van der Waals surface area (Å²) in [6.07, 6.45) is 0.915. The highest BCUT2D eigenvalue weighted by Gasteiger charge is 2.16. The molecule has 2 aromatic rings. The van der Waals surface area contributed by atoms with Crippen molar-refractivity contribution in [1.82, 2.24) is 5.32 Å². The molecule has 2 rings (SSSR count). The van der Waals surface area contributed by atoms with E-state index in [1.54, 1.807) is 13.2 Å². The van der Waals surface area contributed by atoms with Crippen molar-refractivity contribution in [2.75, 3.05) is 7.11 Å². The molecule has 2 unspecified atom stereocenters. The summed E-state index contributed by atoms with van der Waals surface area (Å²) in [5.74, 6) is 1.21. The third-order valence-electron chi connectivity index (χ3n) is 3.79. The van der Waals surface area contributed by atoms with Gasteiger partial charge in [0.25, 0.3) is 0 Å². The fourth-order valence-electron chi connectivity index (χ4n) is 2.50. The van der Waals surface area contributed by atoms with Crippen LogP contribution in [0.5, 0.6) is 11.5 Å². The molecule has 0 aliphatic rings. The second-order valence-electron chi connectivity index (χ2n) is 5.18. The Balaban J connectivity index is 2.12. The van der Waals surface area contributed by atoms with Gasteiger partial charge in [0.2, 0.25) is 0 Å². The van der Waals surface area contributed by atoms with Crippen LogP contribution in [-0.2, 0) is 0 Å². The molecule has 0 saturated heterocycles. The van der Waals surface area contributed by atoms with E-state index in [-0.39, 0.29) is 12.1 Å². The van der Waals surface area contributed by atoms with E-state index < -0.39 is 0 Å². The van der Waals surface area contributed by atoms with Crippen LogP contribution in [0.2, 0.25) is 0 Å². The molecule has 0 aromatic heterocycles. The number of aromatic hydroxyl groups is 1. The first-order valence-corrected chi connectivity index (χ1v) is 7.33. The van der Waals surface area contributed by atoms with Gasteiger partial charge in [-0.1, -0.05) is 37.3 Å². The molecule has 0 amide bonds. The number of methoxy groups -OCH3 is 1. The van der Waals surface area contributed by atoms with Gasteiger partial charge >= 0.3 is 0 Å². The predicted octanol–water partition coefficient (Wildman–Crippen LogP) is 4.20. The van der Waals surface area contributed by atoms with Crippen LogP contribution >= 0.6 is 0 Å². The number of hydrogen-bond donors (Lipinski definition) is 2. The smallest absolute Gasteiger partial charge is 0.120 e. The molecule has 0 saturated carbocycles. The monoisotopic (exact) mass is 285 g/mol. The summed E-state index contributed by atoms with van der Waals surface area (Å²) in [7, 11) is 1.67. The number of benzene rings is 2. The fourth-order valence-corrected chi connectivity index (χ4v) is 2.50. The molecule has 0 fully saturated rings. The SMILES string of the molecule is CCC(NC(C)c1ccc(OC)cc1)c1ccccc1O. The number of para-hydroxylation sites is 1. The van der Waals surface area contributed by atoms with Crippen molar-refractivity contribution in [3.63, 3.8) is 0 Å². The molecule has 0 radical (unpaired) electrons. The zero-order valence-corrected chi connectivity index (χ0v) is 12.8. The predicted molar refractivity (Wildman–Crippen MR) is 85.7 cm³/mol. The van der Waals surface area contributed by atoms with E-state index in [1.807, 2.05) is 30.3 Å². The normalized spacial score (nSPS) is 13.7. The second kappa shape index (κ2) is 7.14. The van der Waals surface area contributed by atoms with Crippen LogP contribution in [0.15, 0.2) is 48.5 Å². The maximum Gasteiger partial charge on any atom is 0.120 e. The molecule has 112 valence electrons. The molecule has 0 bridgehead atoms. The van der Waals surface area contributed by atoms with Crippen LogP contribution in [0.1, 0.15) is 43.5 Å². The van der Waals surface area contributed by atoms with Gasteiger partial charge in [-0.25, -0.2) is 0 Å². The first-order valence-electron chi connectivity index (χ1n) is 7.33. The molecule has 2 aromatic carbocycles. The van der Waals surface area contributed by atoms with E-state index in [0.717, 1.165) is 17.7 Å². The summed E-state index contributed by atoms with van der Waals surface area (Å²) in [5, 5.41) is 13.6. The van der Waals surface area contributed by atoms with Gasteiger partial charge in [0.15, 0.2) is 0 Å². The van der Waals surface area contributed by atoms with Gasteiger partial charge in [-0.3, -0.25) is 0 Å². The Morgan fingerprint density at radius 1 is 1.10 bits per heavy atom. The number of hydrogen-bond acceptors (Lipinski definition) is 3. The van der Waals surface area contributed by atoms with Crippen molar-refractivity contribution in [1.29, 1.82) is 0 Å². The maximum absolute atomic E-state index is 10.0. The lowest BCUT2D eigenvalue weighted by Gasteiger charge is -2.24. The van der Waals surface area contributed by atoms with Crippen molar-refractivity contribution in [3.8, 4) is 11.5 Å². The van der Waals surface area contributed by atoms with Gasteiger partial charge in [0.05, 0.1) is 7.11 Å². The molecule has 3 nitrogen and oxygen atoms in total. The summed E-state index contributed by atoms with van der Waals surface area (Å²) in [6, 6.07) is 15.9. The first-order chi connectivity index (χ1) is 10.2. The molecular weight excluding hydrogens is 262 g/mol. The van der Waals surface area contributed by atoms with Crippen LogP contribution in [0.25, 0.3) is 0 Å². The Morgan fingerprint density at radius 3 is 2.33 bits per heavy atom. The number of rotatable bonds is 6. The van der Waals surface area contributed by atoms with Gasteiger partial charge in [0, 0.05) is 17.6 Å². The third-order valence-corrected chi connectivity index (χ3v) is 3.79. The summed E-state index contributed by atoms with van der Waals surface area (Å²) in [5.41, 5.74) is 2.14. The Kier molecular flexibility index (Phi) is 5.23. The van der Waals surface area contributed by atoms with E-state index in [2.05, 4.69) is 31.3 Å². The highest BCUT2D eigenvalue weighted by atomic mass is 16.5. The van der Waals surface area contributed by atoms with Crippen molar-refractivity contribution in [2.24, 2.45) is 0 Å². The number of phenolic OH excluding ortho intramolecular Hbond substituents is 1. The minimum Gasteiger partial charge on any atom is -0.508 e. The highest BCUT2D eigenvalue weighted by Crippen LogP contribution is 2.28. The Morgan fingerprint density at radius 2 is 1.76 bits per heavy atom. The van der Waals surface area contributed by atoms with Crippen molar-refractivity contribution >= 4 is 0 Å². The number of ether oxygens (including phenoxy) is 1. The summed E-state index contributed by atoms with van der Waals surface area (Å²) in [4.78, 5) is 0. The average molecular weight is 285 g/mol. The van der Waals surface area contributed by atoms with Gasteiger partial charge in [-0.05, 0) is 37.1 Å². The zero-order valence-electron chi connectivity index (χ0n) is 12.8. The molecule has 0 aliphatic carbocycles. The largest absolute Gasteiger partial charge is 0.508 e. The van der Waals surface area contributed by atoms with Crippen LogP contribution in [0.4, 0.5) is 0 Å². The molecule has 2 N–H and O–H groups in total. The third kappa shape index (κ3) is 3.76. The summed E-state index contributed by atoms with van der Waals surface area (Å²) < 4.78 is 5.18. The van der Waals surface area contributed by atoms with Crippen LogP contribution in [0.3, 0.4) is 0 Å². The Hall–Kier alpha value is -2.00. The second-order valence-corrected chi connectivity index (χ2v) is 5.18. The van der Waals surface area contributed by atoms with Crippen LogP contribution in [-0.4, -0.2) is 12.2 Å². The van der Waals surface area contributed by atoms with E-state index >= 15 is 0 Å². The fraction of sp³-hybridized carbons (Fsp3) is 0.333. The molecule has 2 atom stereocenters. The minimum atomic E-state index is 0.128. The highest BCUT2D eigenvalue weighted by molar-refractivity contribution is 5.35. The first kappa shape index (κ1) is 15.4. The summed E-state index contributed by atoms with van der Waals surface area (Å²) in [6.45, 7) is 4.25. The van der Waals surface area contributed by atoms with E-state index in [0.29, 0.717) is 5.75 Å². The lowest BCUT2D eigenvalue weighted by atomic mass is 10.0.